The molecule has 0 spiro atoms. The topological polar surface area (TPSA) is 99.9 Å². The molecular formula is C15H22N6O2. The normalized spacial score (nSPS) is 18.5. The molecule has 23 heavy (non-hydrogen) atoms. The van der Waals surface area contributed by atoms with Crippen molar-refractivity contribution in [1.82, 2.24) is 25.2 Å². The summed E-state index contributed by atoms with van der Waals surface area (Å²) in [5, 5.41) is 14.0. The fraction of sp³-hybridized carbons (Fsp3) is 0.600. The van der Waals surface area contributed by atoms with Crippen molar-refractivity contribution in [2.24, 2.45) is 0 Å². The predicted octanol–water partition coefficient (Wildman–Crippen LogP) is 1.75. The fourth-order valence-corrected chi connectivity index (χ4v) is 2.95. The lowest BCUT2D eigenvalue weighted by molar-refractivity contribution is -0.117. The van der Waals surface area contributed by atoms with Crippen LogP contribution in [0.25, 0.3) is 0 Å². The molecule has 0 aromatic carbocycles. The molecule has 2 aromatic heterocycles. The van der Waals surface area contributed by atoms with Crippen molar-refractivity contribution < 1.29 is 9.32 Å². The molecule has 2 N–H and O–H groups in total. The Labute approximate surface area is 134 Å². The molecule has 1 aliphatic heterocycles. The van der Waals surface area contributed by atoms with Crippen molar-refractivity contribution in [2.75, 3.05) is 18.4 Å². The summed E-state index contributed by atoms with van der Waals surface area (Å²) in [4.78, 5) is 18.9. The standard InChI is InChI=1S/C15H22N6O2/c1-4-13-17-15(20-23-13)11-6-5-7-21(11)8-12(22)16-14-9(2)18-19-10(14)3/h11H,4-8H2,1-3H3,(H,16,22)(H,18,19)/t11-/m1/s1. The molecule has 0 aliphatic carbocycles. The van der Waals surface area contributed by atoms with E-state index in [1.54, 1.807) is 0 Å². The highest BCUT2D eigenvalue weighted by Crippen LogP contribution is 2.30. The third-order valence-electron chi connectivity index (χ3n) is 4.19. The average molecular weight is 318 g/mol. The largest absolute Gasteiger partial charge is 0.339 e. The summed E-state index contributed by atoms with van der Waals surface area (Å²) in [6.45, 7) is 6.90. The Hall–Kier alpha value is -2.22. The molecule has 1 fully saturated rings. The maximum atomic E-state index is 12.4. The molecule has 3 heterocycles. The number of likely N-dealkylation sites (tertiary alicyclic amines) is 1. The van der Waals surface area contributed by atoms with Crippen LogP contribution in [-0.4, -0.2) is 44.2 Å². The van der Waals surface area contributed by atoms with Crippen molar-refractivity contribution in [2.45, 2.75) is 46.1 Å². The molecule has 8 nitrogen and oxygen atoms in total. The zero-order chi connectivity index (χ0) is 16.4. The van der Waals surface area contributed by atoms with Gasteiger partial charge in [-0.05, 0) is 33.2 Å². The number of amides is 1. The van der Waals surface area contributed by atoms with Crippen LogP contribution in [0.1, 0.15) is 48.9 Å². The Morgan fingerprint density at radius 3 is 2.96 bits per heavy atom. The number of aryl methyl sites for hydroxylation is 3. The molecular weight excluding hydrogens is 296 g/mol. The first kappa shape index (κ1) is 15.7. The SMILES string of the molecule is CCc1nc([C@H]2CCCN2CC(=O)Nc2c(C)n[nH]c2C)no1. The van der Waals surface area contributed by atoms with Crippen molar-refractivity contribution >= 4 is 11.6 Å². The van der Waals surface area contributed by atoms with Crippen LogP contribution in [0, 0.1) is 13.8 Å². The zero-order valence-electron chi connectivity index (χ0n) is 13.7. The Bertz CT molecular complexity index is 672. The van der Waals surface area contributed by atoms with Crippen LogP contribution in [0.15, 0.2) is 4.52 Å². The van der Waals surface area contributed by atoms with E-state index in [2.05, 4.69) is 30.6 Å². The minimum atomic E-state index is -0.0521. The van der Waals surface area contributed by atoms with Crippen molar-refractivity contribution in [3.05, 3.63) is 23.1 Å². The number of nitrogens with zero attached hydrogens (tertiary/aromatic N) is 4. The number of carbonyl (C=O) groups is 1. The van der Waals surface area contributed by atoms with E-state index in [-0.39, 0.29) is 11.9 Å². The van der Waals surface area contributed by atoms with Gasteiger partial charge in [-0.15, -0.1) is 0 Å². The molecule has 1 saturated heterocycles. The van der Waals surface area contributed by atoms with Gasteiger partial charge in [-0.2, -0.15) is 10.1 Å². The molecule has 2 aromatic rings. The smallest absolute Gasteiger partial charge is 0.238 e. The number of hydrogen-bond acceptors (Lipinski definition) is 6. The van der Waals surface area contributed by atoms with Gasteiger partial charge in [0.15, 0.2) is 5.82 Å². The second kappa shape index (κ2) is 6.49. The van der Waals surface area contributed by atoms with E-state index in [9.17, 15) is 4.79 Å². The summed E-state index contributed by atoms with van der Waals surface area (Å²) in [6.07, 6.45) is 2.69. The first-order valence-corrected chi connectivity index (χ1v) is 7.96. The van der Waals surface area contributed by atoms with E-state index < -0.39 is 0 Å². The van der Waals surface area contributed by atoms with Gasteiger partial charge in [0.2, 0.25) is 11.8 Å². The lowest BCUT2D eigenvalue weighted by Gasteiger charge is -2.21. The minimum Gasteiger partial charge on any atom is -0.339 e. The highest BCUT2D eigenvalue weighted by Gasteiger charge is 2.31. The second-order valence-electron chi connectivity index (χ2n) is 5.89. The van der Waals surface area contributed by atoms with E-state index in [1.807, 2.05) is 20.8 Å². The Balaban J connectivity index is 1.65. The summed E-state index contributed by atoms with van der Waals surface area (Å²) in [5.74, 6) is 1.27. The predicted molar refractivity (Wildman–Crippen MR) is 83.9 cm³/mol. The minimum absolute atomic E-state index is 0.0521. The summed E-state index contributed by atoms with van der Waals surface area (Å²) in [5.41, 5.74) is 2.41. The van der Waals surface area contributed by atoms with E-state index in [0.717, 1.165) is 42.9 Å². The number of H-pyrrole nitrogens is 1. The van der Waals surface area contributed by atoms with Crippen LogP contribution < -0.4 is 5.32 Å². The molecule has 0 bridgehead atoms. The molecule has 124 valence electrons. The van der Waals surface area contributed by atoms with Crippen LogP contribution in [0.3, 0.4) is 0 Å². The molecule has 8 heteroatoms. The zero-order valence-corrected chi connectivity index (χ0v) is 13.7. The monoisotopic (exact) mass is 318 g/mol. The van der Waals surface area contributed by atoms with Gasteiger partial charge in [0.1, 0.15) is 0 Å². The maximum Gasteiger partial charge on any atom is 0.238 e. The fourth-order valence-electron chi connectivity index (χ4n) is 2.95. The van der Waals surface area contributed by atoms with Crippen molar-refractivity contribution in [3.8, 4) is 0 Å². The van der Waals surface area contributed by atoms with Gasteiger partial charge in [0.25, 0.3) is 0 Å². The number of nitrogens with one attached hydrogen (secondary N) is 2. The summed E-state index contributed by atoms with van der Waals surface area (Å²) in [7, 11) is 0. The van der Waals surface area contributed by atoms with Crippen molar-refractivity contribution in [3.63, 3.8) is 0 Å². The Morgan fingerprint density at radius 2 is 2.30 bits per heavy atom. The number of carbonyl (C=O) groups excluding carboxylic acids is 1. The van der Waals surface area contributed by atoms with Crippen LogP contribution in [0.4, 0.5) is 5.69 Å². The number of aromatic nitrogens is 4. The van der Waals surface area contributed by atoms with Crippen LogP contribution in [-0.2, 0) is 11.2 Å². The number of aromatic amines is 1. The summed E-state index contributed by atoms with van der Waals surface area (Å²) in [6, 6.07) is 0.0522. The van der Waals surface area contributed by atoms with Gasteiger partial charge >= 0.3 is 0 Å². The van der Waals surface area contributed by atoms with Gasteiger partial charge in [-0.1, -0.05) is 12.1 Å². The van der Waals surface area contributed by atoms with E-state index in [0.29, 0.717) is 18.3 Å². The molecule has 0 radical (unpaired) electrons. The van der Waals surface area contributed by atoms with E-state index in [1.165, 1.54) is 0 Å². The molecule has 1 amide bonds. The van der Waals surface area contributed by atoms with Gasteiger partial charge < -0.3 is 9.84 Å². The Kier molecular flexibility index (Phi) is 4.42. The van der Waals surface area contributed by atoms with Gasteiger partial charge in [-0.3, -0.25) is 14.8 Å². The van der Waals surface area contributed by atoms with Gasteiger partial charge in [0.05, 0.1) is 29.7 Å². The second-order valence-corrected chi connectivity index (χ2v) is 5.89. The Morgan fingerprint density at radius 1 is 1.48 bits per heavy atom. The molecule has 3 rings (SSSR count). The maximum absolute atomic E-state index is 12.4. The van der Waals surface area contributed by atoms with Crippen LogP contribution in [0.2, 0.25) is 0 Å². The molecule has 0 saturated carbocycles. The highest BCUT2D eigenvalue weighted by atomic mass is 16.5. The first-order valence-electron chi connectivity index (χ1n) is 7.96. The number of hydrogen-bond donors (Lipinski definition) is 2. The molecule has 0 unspecified atom stereocenters. The lowest BCUT2D eigenvalue weighted by Crippen LogP contribution is -2.33. The average Bonchev–Trinajstić information content (AvgIpc) is 3.23. The van der Waals surface area contributed by atoms with E-state index in [4.69, 9.17) is 4.52 Å². The van der Waals surface area contributed by atoms with Gasteiger partial charge in [0, 0.05) is 6.42 Å². The number of anilines is 1. The molecule has 1 atom stereocenters. The third kappa shape index (κ3) is 3.26. The summed E-state index contributed by atoms with van der Waals surface area (Å²) < 4.78 is 5.20. The highest BCUT2D eigenvalue weighted by molar-refractivity contribution is 5.93. The third-order valence-corrected chi connectivity index (χ3v) is 4.19. The van der Waals surface area contributed by atoms with E-state index >= 15 is 0 Å². The quantitative estimate of drug-likeness (QED) is 0.871. The lowest BCUT2D eigenvalue weighted by atomic mass is 10.2. The van der Waals surface area contributed by atoms with Gasteiger partial charge in [-0.25, -0.2) is 0 Å². The summed E-state index contributed by atoms with van der Waals surface area (Å²) >= 11 is 0. The van der Waals surface area contributed by atoms with Crippen LogP contribution >= 0.6 is 0 Å². The van der Waals surface area contributed by atoms with Crippen molar-refractivity contribution in [1.29, 1.82) is 0 Å². The van der Waals surface area contributed by atoms with Crippen LogP contribution in [0.5, 0.6) is 0 Å². The first-order chi connectivity index (χ1) is 11.1. The molecule has 1 aliphatic rings. The number of rotatable bonds is 5.